The molecule has 0 aliphatic heterocycles. The lowest BCUT2D eigenvalue weighted by molar-refractivity contribution is 0.0674. The van der Waals surface area contributed by atoms with Crippen LogP contribution < -0.4 is 5.32 Å². The van der Waals surface area contributed by atoms with Gasteiger partial charge in [0, 0.05) is 12.1 Å². The van der Waals surface area contributed by atoms with Gasteiger partial charge >= 0.3 is 0 Å². The van der Waals surface area contributed by atoms with E-state index in [1.807, 2.05) is 13.8 Å². The van der Waals surface area contributed by atoms with E-state index in [0.29, 0.717) is 12.1 Å². The van der Waals surface area contributed by atoms with Crippen LogP contribution >= 0.6 is 0 Å². The molecule has 0 spiro atoms. The molecular formula is C15H31NO. The van der Waals surface area contributed by atoms with Crippen LogP contribution in [0.2, 0.25) is 0 Å². The normalized spacial score (nSPS) is 15.6. The van der Waals surface area contributed by atoms with E-state index < -0.39 is 5.60 Å². The molecule has 0 rings (SSSR count). The van der Waals surface area contributed by atoms with Gasteiger partial charge in [0.05, 0.1) is 5.60 Å². The minimum Gasteiger partial charge on any atom is -0.390 e. The van der Waals surface area contributed by atoms with E-state index in [2.05, 4.69) is 32.7 Å². The van der Waals surface area contributed by atoms with Crippen molar-refractivity contribution in [1.29, 1.82) is 0 Å². The van der Waals surface area contributed by atoms with Gasteiger partial charge in [-0.1, -0.05) is 5.57 Å². The zero-order valence-electron chi connectivity index (χ0n) is 12.3. The van der Waals surface area contributed by atoms with Crippen molar-refractivity contribution in [3.63, 3.8) is 0 Å². The van der Waals surface area contributed by atoms with Gasteiger partial charge in [0.25, 0.3) is 0 Å². The van der Waals surface area contributed by atoms with Gasteiger partial charge in [0.1, 0.15) is 0 Å². The summed E-state index contributed by atoms with van der Waals surface area (Å²) in [5.74, 6) is 0. The van der Waals surface area contributed by atoms with Gasteiger partial charge in [-0.25, -0.2) is 0 Å². The number of hydrogen-bond donors (Lipinski definition) is 2. The van der Waals surface area contributed by atoms with Crippen molar-refractivity contribution >= 4 is 0 Å². The average Bonchev–Trinajstić information content (AvgIpc) is 2.12. The van der Waals surface area contributed by atoms with Crippen LogP contribution in [-0.2, 0) is 0 Å². The van der Waals surface area contributed by atoms with Crippen LogP contribution in [0, 0.1) is 0 Å². The Bertz CT molecular complexity index is 217. The van der Waals surface area contributed by atoms with Gasteiger partial charge in [-0.3, -0.25) is 0 Å². The largest absolute Gasteiger partial charge is 0.390 e. The molecule has 17 heavy (non-hydrogen) atoms. The predicted molar refractivity (Wildman–Crippen MR) is 76.3 cm³/mol. The minimum atomic E-state index is -0.523. The summed E-state index contributed by atoms with van der Waals surface area (Å²) in [5, 5.41) is 13.2. The van der Waals surface area contributed by atoms with Crippen molar-refractivity contribution in [3.05, 3.63) is 12.2 Å². The summed E-state index contributed by atoms with van der Waals surface area (Å²) in [7, 11) is 0. The summed E-state index contributed by atoms with van der Waals surface area (Å²) in [6.07, 6.45) is 5.33. The first kappa shape index (κ1) is 16.7. The fraction of sp³-hybridized carbons (Fsp3) is 0.867. The second-order valence-corrected chi connectivity index (χ2v) is 6.17. The number of rotatable bonds is 9. The van der Waals surface area contributed by atoms with E-state index in [1.54, 1.807) is 0 Å². The van der Waals surface area contributed by atoms with Crippen LogP contribution in [-0.4, -0.2) is 22.8 Å². The molecule has 0 aromatic heterocycles. The van der Waals surface area contributed by atoms with Crippen molar-refractivity contribution in [2.45, 2.75) is 84.4 Å². The fourth-order valence-corrected chi connectivity index (χ4v) is 1.96. The van der Waals surface area contributed by atoms with Crippen LogP contribution in [0.5, 0.6) is 0 Å². The van der Waals surface area contributed by atoms with Gasteiger partial charge in [-0.2, -0.15) is 0 Å². The van der Waals surface area contributed by atoms with Gasteiger partial charge in [0.2, 0.25) is 0 Å². The zero-order valence-corrected chi connectivity index (χ0v) is 12.3. The van der Waals surface area contributed by atoms with Gasteiger partial charge in [0.15, 0.2) is 0 Å². The van der Waals surface area contributed by atoms with Gasteiger partial charge < -0.3 is 10.4 Å². The molecule has 2 heteroatoms. The van der Waals surface area contributed by atoms with Crippen LogP contribution in [0.3, 0.4) is 0 Å². The van der Waals surface area contributed by atoms with Crippen LogP contribution in [0.4, 0.5) is 0 Å². The number of hydrogen-bond acceptors (Lipinski definition) is 2. The van der Waals surface area contributed by atoms with Crippen molar-refractivity contribution < 1.29 is 5.11 Å². The quantitative estimate of drug-likeness (QED) is 0.604. The molecule has 0 aliphatic carbocycles. The van der Waals surface area contributed by atoms with Crippen molar-refractivity contribution in [3.8, 4) is 0 Å². The highest BCUT2D eigenvalue weighted by atomic mass is 16.3. The third-order valence-electron chi connectivity index (χ3n) is 3.00. The summed E-state index contributed by atoms with van der Waals surface area (Å²) in [6.45, 7) is 14.2. The van der Waals surface area contributed by atoms with E-state index >= 15 is 0 Å². The Morgan fingerprint density at radius 3 is 2.24 bits per heavy atom. The summed E-state index contributed by atoms with van der Waals surface area (Å²) in [6, 6.07) is 1.07. The molecule has 2 nitrogen and oxygen atoms in total. The fourth-order valence-electron chi connectivity index (χ4n) is 1.96. The van der Waals surface area contributed by atoms with Gasteiger partial charge in [-0.15, -0.1) is 6.58 Å². The Balaban J connectivity index is 3.63. The monoisotopic (exact) mass is 241 g/mol. The average molecular weight is 241 g/mol. The van der Waals surface area contributed by atoms with E-state index in [4.69, 9.17) is 0 Å². The van der Waals surface area contributed by atoms with Crippen molar-refractivity contribution in [2.24, 2.45) is 0 Å². The zero-order chi connectivity index (χ0) is 13.5. The molecular weight excluding hydrogens is 210 g/mol. The van der Waals surface area contributed by atoms with E-state index in [-0.39, 0.29) is 0 Å². The Morgan fingerprint density at radius 2 is 1.76 bits per heavy atom. The van der Waals surface area contributed by atoms with Crippen LogP contribution in [0.1, 0.15) is 66.7 Å². The summed E-state index contributed by atoms with van der Waals surface area (Å²) in [4.78, 5) is 0. The Labute approximate surface area is 108 Å². The standard InChI is InChI=1S/C15H31NO/c1-12(2)9-10-14(4)16-13(3)8-7-11-15(5,6)17/h13-14,16-17H,1,7-11H2,2-6H3. The molecule has 0 fully saturated rings. The molecule has 0 radical (unpaired) electrons. The smallest absolute Gasteiger partial charge is 0.0591 e. The molecule has 2 atom stereocenters. The molecule has 0 bridgehead atoms. The van der Waals surface area contributed by atoms with Gasteiger partial charge in [-0.05, 0) is 66.7 Å². The topological polar surface area (TPSA) is 32.3 Å². The maximum Gasteiger partial charge on any atom is 0.0591 e. The number of allylic oxidation sites excluding steroid dienone is 1. The minimum absolute atomic E-state index is 0.523. The number of nitrogens with one attached hydrogen (secondary N) is 1. The highest BCUT2D eigenvalue weighted by molar-refractivity contribution is 4.88. The lowest BCUT2D eigenvalue weighted by atomic mass is 9.99. The summed E-state index contributed by atoms with van der Waals surface area (Å²) < 4.78 is 0. The molecule has 0 aromatic rings. The maximum absolute atomic E-state index is 9.63. The SMILES string of the molecule is C=C(C)CCC(C)NC(C)CCCC(C)(C)O. The second-order valence-electron chi connectivity index (χ2n) is 6.17. The van der Waals surface area contributed by atoms with E-state index in [0.717, 1.165) is 32.1 Å². The van der Waals surface area contributed by atoms with E-state index in [9.17, 15) is 5.11 Å². The van der Waals surface area contributed by atoms with Crippen LogP contribution in [0.25, 0.3) is 0 Å². The maximum atomic E-state index is 9.63. The molecule has 2 N–H and O–H groups in total. The molecule has 0 heterocycles. The third-order valence-corrected chi connectivity index (χ3v) is 3.00. The summed E-state index contributed by atoms with van der Waals surface area (Å²) >= 11 is 0. The highest BCUT2D eigenvalue weighted by Gasteiger charge is 2.13. The predicted octanol–water partition coefficient (Wildman–Crippen LogP) is 3.65. The lowest BCUT2D eigenvalue weighted by Gasteiger charge is -2.22. The highest BCUT2D eigenvalue weighted by Crippen LogP contribution is 2.13. The molecule has 0 aromatic carbocycles. The molecule has 2 unspecified atom stereocenters. The van der Waals surface area contributed by atoms with Crippen molar-refractivity contribution in [2.75, 3.05) is 0 Å². The van der Waals surface area contributed by atoms with E-state index in [1.165, 1.54) is 5.57 Å². The molecule has 0 saturated carbocycles. The first-order valence-electron chi connectivity index (χ1n) is 6.83. The Morgan fingerprint density at radius 1 is 1.24 bits per heavy atom. The molecule has 0 saturated heterocycles. The third kappa shape index (κ3) is 11.9. The van der Waals surface area contributed by atoms with Crippen LogP contribution in [0.15, 0.2) is 12.2 Å². The summed E-state index contributed by atoms with van der Waals surface area (Å²) in [5.41, 5.74) is 0.735. The Kier molecular flexibility index (Phi) is 7.73. The van der Waals surface area contributed by atoms with Crippen molar-refractivity contribution in [1.82, 2.24) is 5.32 Å². The lowest BCUT2D eigenvalue weighted by Crippen LogP contribution is -2.34. The molecule has 0 aliphatic rings. The first-order valence-corrected chi connectivity index (χ1v) is 6.83. The Hall–Kier alpha value is -0.340. The molecule has 0 amide bonds. The first-order chi connectivity index (χ1) is 7.70. The number of aliphatic hydroxyl groups is 1. The molecule has 102 valence electrons. The second kappa shape index (κ2) is 7.88.